The van der Waals surface area contributed by atoms with Gasteiger partial charge in [-0.25, -0.2) is 4.98 Å². The fourth-order valence-electron chi connectivity index (χ4n) is 5.01. The fraction of sp³-hybridized carbons (Fsp3) is 0.591. The molecule has 1 aromatic rings. The molecule has 2 fully saturated rings. The van der Waals surface area contributed by atoms with E-state index >= 15 is 0 Å². The van der Waals surface area contributed by atoms with Crippen LogP contribution in [-0.4, -0.2) is 65.5 Å². The molecule has 0 bridgehead atoms. The van der Waals surface area contributed by atoms with Crippen molar-refractivity contribution >= 4 is 5.82 Å². The van der Waals surface area contributed by atoms with E-state index in [2.05, 4.69) is 39.1 Å². The Labute approximate surface area is 162 Å². The Morgan fingerprint density at radius 1 is 1.11 bits per heavy atom. The Morgan fingerprint density at radius 3 is 2.48 bits per heavy atom. The molecule has 0 amide bonds. The molecule has 1 saturated carbocycles. The Bertz CT molecular complexity index is 674. The minimum atomic E-state index is -0.769. The highest BCUT2D eigenvalue weighted by Gasteiger charge is 2.51. The average molecular weight is 370 g/mol. The number of rotatable bonds is 4. The zero-order valence-electron chi connectivity index (χ0n) is 16.3. The van der Waals surface area contributed by atoms with E-state index in [4.69, 9.17) is 4.74 Å². The normalized spacial score (nSPS) is 34.7. The zero-order valence-corrected chi connectivity index (χ0v) is 16.3. The van der Waals surface area contributed by atoms with Gasteiger partial charge in [0.25, 0.3) is 0 Å². The molecular weight excluding hydrogens is 338 g/mol. The molecular formula is C22H31N3O2. The zero-order chi connectivity index (χ0) is 18.7. The highest BCUT2D eigenvalue weighted by molar-refractivity contribution is 5.38. The lowest BCUT2D eigenvalue weighted by atomic mass is 9.68. The molecule has 1 aromatic heterocycles. The lowest BCUT2D eigenvalue weighted by molar-refractivity contribution is -0.163. The maximum absolute atomic E-state index is 11.4. The summed E-state index contributed by atoms with van der Waals surface area (Å²) >= 11 is 0. The summed E-state index contributed by atoms with van der Waals surface area (Å²) < 4.78 is 5.85. The Balaban J connectivity index is 1.33. The number of anilines is 1. The lowest BCUT2D eigenvalue weighted by Crippen LogP contribution is -2.59. The molecule has 4 rings (SSSR count). The number of aromatic nitrogens is 1. The maximum atomic E-state index is 11.4. The summed E-state index contributed by atoms with van der Waals surface area (Å²) in [7, 11) is 1.73. The number of hydrogen-bond acceptors (Lipinski definition) is 5. The van der Waals surface area contributed by atoms with Gasteiger partial charge in [-0.3, -0.25) is 4.90 Å². The molecule has 2 heterocycles. The third kappa shape index (κ3) is 3.56. The number of pyridine rings is 1. The van der Waals surface area contributed by atoms with E-state index in [0.29, 0.717) is 6.04 Å². The van der Waals surface area contributed by atoms with Crippen molar-refractivity contribution in [1.82, 2.24) is 9.88 Å². The van der Waals surface area contributed by atoms with Gasteiger partial charge >= 0.3 is 0 Å². The van der Waals surface area contributed by atoms with E-state index in [1.807, 2.05) is 24.4 Å². The van der Waals surface area contributed by atoms with Gasteiger partial charge in [0.2, 0.25) is 0 Å². The van der Waals surface area contributed by atoms with E-state index in [0.717, 1.165) is 64.1 Å². The van der Waals surface area contributed by atoms with Gasteiger partial charge in [-0.15, -0.1) is 0 Å². The number of hydrogen-bond donors (Lipinski definition) is 1. The third-order valence-corrected chi connectivity index (χ3v) is 6.77. The molecule has 0 spiro atoms. The van der Waals surface area contributed by atoms with Gasteiger partial charge < -0.3 is 14.7 Å². The smallest absolute Gasteiger partial charge is 0.128 e. The highest BCUT2D eigenvalue weighted by atomic mass is 16.5. The number of aliphatic hydroxyl groups is 1. The molecule has 0 aromatic carbocycles. The van der Waals surface area contributed by atoms with Crippen molar-refractivity contribution in [3.05, 3.63) is 48.7 Å². The first-order chi connectivity index (χ1) is 13.2. The second kappa shape index (κ2) is 7.74. The monoisotopic (exact) mass is 369 g/mol. The van der Waals surface area contributed by atoms with Crippen molar-refractivity contribution in [2.45, 2.75) is 49.3 Å². The molecule has 1 N–H and O–H groups in total. The van der Waals surface area contributed by atoms with Crippen molar-refractivity contribution in [1.29, 1.82) is 0 Å². The van der Waals surface area contributed by atoms with E-state index in [1.165, 1.54) is 0 Å². The first kappa shape index (κ1) is 18.7. The predicted molar refractivity (Wildman–Crippen MR) is 108 cm³/mol. The topological polar surface area (TPSA) is 48.8 Å². The Kier molecular flexibility index (Phi) is 5.35. The number of methoxy groups -OCH3 is 1. The molecule has 146 valence electrons. The summed E-state index contributed by atoms with van der Waals surface area (Å²) in [6.07, 6.45) is 14.5. The maximum Gasteiger partial charge on any atom is 0.128 e. The van der Waals surface area contributed by atoms with Crippen molar-refractivity contribution in [2.24, 2.45) is 0 Å². The second-order valence-corrected chi connectivity index (χ2v) is 8.06. The van der Waals surface area contributed by atoms with Gasteiger partial charge in [0.1, 0.15) is 11.4 Å². The summed E-state index contributed by atoms with van der Waals surface area (Å²) in [4.78, 5) is 9.45. The van der Waals surface area contributed by atoms with Crippen LogP contribution in [-0.2, 0) is 4.74 Å². The van der Waals surface area contributed by atoms with Gasteiger partial charge in [-0.05, 0) is 43.9 Å². The SMILES string of the molecule is COC1(C2(O)CCC(N3CCN(c4ccccn4)CC3)CC2)C=CC=CC1. The van der Waals surface area contributed by atoms with Crippen molar-refractivity contribution in [2.75, 3.05) is 38.2 Å². The number of nitrogens with zero attached hydrogens (tertiary/aromatic N) is 3. The molecule has 3 aliphatic rings. The Morgan fingerprint density at radius 2 is 1.89 bits per heavy atom. The molecule has 1 atom stereocenters. The van der Waals surface area contributed by atoms with Crippen LogP contribution < -0.4 is 4.90 Å². The molecule has 2 aliphatic carbocycles. The van der Waals surface area contributed by atoms with Crippen molar-refractivity contribution < 1.29 is 9.84 Å². The third-order valence-electron chi connectivity index (χ3n) is 6.77. The Hall–Kier alpha value is -1.69. The van der Waals surface area contributed by atoms with Crippen LogP contribution in [0.25, 0.3) is 0 Å². The van der Waals surface area contributed by atoms with Crippen molar-refractivity contribution in [3.8, 4) is 0 Å². The van der Waals surface area contributed by atoms with Crippen LogP contribution in [0.3, 0.4) is 0 Å². The number of piperazine rings is 1. The standard InChI is InChI=1S/C22H31N3O2/c1-27-22(10-4-2-5-11-22)21(26)12-8-19(9-13-21)24-15-17-25(18-16-24)20-7-3-6-14-23-20/h2-7,10,14,19,26H,8-9,11-13,15-18H2,1H3. The van der Waals surface area contributed by atoms with Gasteiger partial charge in [0.05, 0.1) is 5.60 Å². The highest BCUT2D eigenvalue weighted by Crippen LogP contribution is 2.44. The van der Waals surface area contributed by atoms with Crippen molar-refractivity contribution in [3.63, 3.8) is 0 Å². The van der Waals surface area contributed by atoms with E-state index in [1.54, 1.807) is 7.11 Å². The lowest BCUT2D eigenvalue weighted by Gasteiger charge is -2.50. The largest absolute Gasteiger partial charge is 0.387 e. The summed E-state index contributed by atoms with van der Waals surface area (Å²) in [5, 5.41) is 11.4. The molecule has 27 heavy (non-hydrogen) atoms. The van der Waals surface area contributed by atoms with E-state index in [-0.39, 0.29) is 0 Å². The molecule has 0 radical (unpaired) electrons. The molecule has 5 heteroatoms. The average Bonchev–Trinajstić information content (AvgIpc) is 2.75. The number of allylic oxidation sites excluding steroid dienone is 2. The van der Waals surface area contributed by atoms with Crippen LogP contribution in [0.2, 0.25) is 0 Å². The van der Waals surface area contributed by atoms with Gasteiger partial charge in [0, 0.05) is 51.9 Å². The number of ether oxygens (including phenoxy) is 1. The summed E-state index contributed by atoms with van der Waals surface area (Å²) in [5.41, 5.74) is -1.33. The summed E-state index contributed by atoms with van der Waals surface area (Å²) in [6.45, 7) is 4.18. The van der Waals surface area contributed by atoms with Gasteiger partial charge in [-0.2, -0.15) is 0 Å². The predicted octanol–water partition coefficient (Wildman–Crippen LogP) is 2.78. The molecule has 1 saturated heterocycles. The molecule has 1 unspecified atom stereocenters. The van der Waals surface area contributed by atoms with Crippen LogP contribution >= 0.6 is 0 Å². The van der Waals surface area contributed by atoms with Crippen LogP contribution in [0.1, 0.15) is 32.1 Å². The fourth-order valence-corrected chi connectivity index (χ4v) is 5.01. The van der Waals surface area contributed by atoms with E-state index < -0.39 is 11.2 Å². The first-order valence-electron chi connectivity index (χ1n) is 10.2. The van der Waals surface area contributed by atoms with Crippen LogP contribution in [0.5, 0.6) is 0 Å². The van der Waals surface area contributed by atoms with Gasteiger partial charge in [-0.1, -0.05) is 24.3 Å². The molecule has 5 nitrogen and oxygen atoms in total. The minimum absolute atomic E-state index is 0.563. The second-order valence-electron chi connectivity index (χ2n) is 8.06. The van der Waals surface area contributed by atoms with Gasteiger partial charge in [0.15, 0.2) is 0 Å². The molecule has 1 aliphatic heterocycles. The summed E-state index contributed by atoms with van der Waals surface area (Å²) in [5.74, 6) is 1.08. The van der Waals surface area contributed by atoms with Crippen LogP contribution in [0.4, 0.5) is 5.82 Å². The van der Waals surface area contributed by atoms with Crippen LogP contribution in [0.15, 0.2) is 48.7 Å². The van der Waals surface area contributed by atoms with E-state index in [9.17, 15) is 5.11 Å². The first-order valence-corrected chi connectivity index (χ1v) is 10.2. The minimum Gasteiger partial charge on any atom is -0.387 e. The quantitative estimate of drug-likeness (QED) is 0.884. The summed E-state index contributed by atoms with van der Waals surface area (Å²) in [6, 6.07) is 6.67. The van der Waals surface area contributed by atoms with Crippen LogP contribution in [0, 0.1) is 0 Å².